The molecule has 0 heterocycles. The van der Waals surface area contributed by atoms with Gasteiger partial charge < -0.3 is 20.3 Å². The second kappa shape index (κ2) is 65.9. The molecule has 2 atom stereocenters. The molecule has 76 heavy (non-hydrogen) atoms. The summed E-state index contributed by atoms with van der Waals surface area (Å²) in [4.78, 5) is 24.6. The molecule has 450 valence electrons. The number of ether oxygens (including phenoxy) is 1. The van der Waals surface area contributed by atoms with Crippen LogP contribution in [0.5, 0.6) is 0 Å². The summed E-state index contributed by atoms with van der Waals surface area (Å²) in [5.74, 6) is -0.0369. The highest BCUT2D eigenvalue weighted by atomic mass is 16.5. The Morgan fingerprint density at radius 1 is 0.368 bits per heavy atom. The number of hydrogen-bond donors (Lipinski definition) is 3. The van der Waals surface area contributed by atoms with E-state index in [0.29, 0.717) is 25.9 Å². The zero-order chi connectivity index (χ0) is 55.0. The molecular formula is C70H135NO5. The lowest BCUT2D eigenvalue weighted by Crippen LogP contribution is -2.45. The SMILES string of the molecule is CCCCCC/C=C\C/C=C\CCCCCCCC(=O)OCCCCCCCCCCCCCCCCCCCCCC(=O)NC(CO)C(O)CCCCCCCCCCCCCCCCCCCCCCCCCC. The largest absolute Gasteiger partial charge is 0.466 e. The van der Waals surface area contributed by atoms with Gasteiger partial charge in [0.05, 0.1) is 25.4 Å². The molecule has 0 saturated heterocycles. The molecule has 0 radical (unpaired) electrons. The van der Waals surface area contributed by atoms with E-state index in [2.05, 4.69) is 43.5 Å². The van der Waals surface area contributed by atoms with Crippen molar-refractivity contribution in [2.24, 2.45) is 0 Å². The summed E-state index contributed by atoms with van der Waals surface area (Å²) in [6.07, 6.45) is 82.1. The molecule has 0 bridgehead atoms. The zero-order valence-electron chi connectivity index (χ0n) is 51.5. The summed E-state index contributed by atoms with van der Waals surface area (Å²) < 4.78 is 5.49. The minimum Gasteiger partial charge on any atom is -0.466 e. The number of rotatable bonds is 65. The molecule has 0 rings (SSSR count). The van der Waals surface area contributed by atoms with E-state index in [1.165, 1.54) is 302 Å². The van der Waals surface area contributed by atoms with E-state index in [1.54, 1.807) is 0 Å². The first-order valence-electron chi connectivity index (χ1n) is 34.6. The van der Waals surface area contributed by atoms with Gasteiger partial charge in [-0.1, -0.05) is 340 Å². The highest BCUT2D eigenvalue weighted by Gasteiger charge is 2.20. The van der Waals surface area contributed by atoms with E-state index in [-0.39, 0.29) is 18.5 Å². The van der Waals surface area contributed by atoms with Crippen LogP contribution in [0.4, 0.5) is 0 Å². The quantitative estimate of drug-likeness (QED) is 0.0320. The maximum Gasteiger partial charge on any atom is 0.305 e. The van der Waals surface area contributed by atoms with Gasteiger partial charge in [-0.25, -0.2) is 0 Å². The number of amides is 1. The molecule has 0 spiro atoms. The summed E-state index contributed by atoms with van der Waals surface area (Å²) in [6.45, 7) is 4.96. The maximum atomic E-state index is 12.6. The van der Waals surface area contributed by atoms with Crippen molar-refractivity contribution < 1.29 is 24.5 Å². The van der Waals surface area contributed by atoms with Gasteiger partial charge in [0.2, 0.25) is 5.91 Å². The van der Waals surface area contributed by atoms with E-state index >= 15 is 0 Å². The number of carbonyl (C=O) groups excluding carboxylic acids is 2. The minimum absolute atomic E-state index is 0.00329. The number of unbranched alkanes of at least 4 members (excludes halogenated alkanes) is 50. The maximum absolute atomic E-state index is 12.6. The lowest BCUT2D eigenvalue weighted by Gasteiger charge is -2.22. The normalized spacial score (nSPS) is 12.6. The molecule has 2 unspecified atom stereocenters. The van der Waals surface area contributed by atoms with Crippen LogP contribution < -0.4 is 5.32 Å². The molecule has 0 aliphatic carbocycles. The summed E-state index contributed by atoms with van der Waals surface area (Å²) in [5.41, 5.74) is 0. The molecule has 1 amide bonds. The first-order valence-corrected chi connectivity index (χ1v) is 34.6. The summed E-state index contributed by atoms with van der Waals surface area (Å²) >= 11 is 0. The first kappa shape index (κ1) is 74.3. The van der Waals surface area contributed by atoms with Crippen molar-refractivity contribution in [3.63, 3.8) is 0 Å². The van der Waals surface area contributed by atoms with E-state index in [4.69, 9.17) is 4.74 Å². The van der Waals surface area contributed by atoms with Crippen LogP contribution in [0.15, 0.2) is 24.3 Å². The third-order valence-electron chi connectivity index (χ3n) is 16.3. The molecular weight excluding hydrogens is 935 g/mol. The summed E-state index contributed by atoms with van der Waals surface area (Å²) in [5, 5.41) is 23.4. The highest BCUT2D eigenvalue weighted by molar-refractivity contribution is 5.76. The number of carbonyl (C=O) groups is 2. The lowest BCUT2D eigenvalue weighted by atomic mass is 10.0. The van der Waals surface area contributed by atoms with E-state index in [0.717, 1.165) is 51.4 Å². The Labute approximate surface area is 475 Å². The van der Waals surface area contributed by atoms with E-state index in [1.807, 2.05) is 0 Å². The van der Waals surface area contributed by atoms with E-state index in [9.17, 15) is 19.8 Å². The van der Waals surface area contributed by atoms with Crippen molar-refractivity contribution in [1.82, 2.24) is 5.32 Å². The molecule has 0 saturated carbocycles. The molecule has 0 aromatic heterocycles. The van der Waals surface area contributed by atoms with Gasteiger partial charge in [0, 0.05) is 12.8 Å². The molecule has 0 aromatic rings. The van der Waals surface area contributed by atoms with Crippen LogP contribution in [0.3, 0.4) is 0 Å². The third kappa shape index (κ3) is 61.6. The van der Waals surface area contributed by atoms with Crippen molar-refractivity contribution >= 4 is 11.9 Å². The van der Waals surface area contributed by atoms with Crippen LogP contribution >= 0.6 is 0 Å². The Balaban J connectivity index is 3.40. The number of nitrogens with one attached hydrogen (secondary N) is 1. The Kier molecular flexibility index (Phi) is 64.4. The Bertz CT molecular complexity index is 1190. The standard InChI is InChI=1S/C70H135NO5/c1-3-5-7-9-11-13-15-17-19-21-22-23-24-25-26-28-31-34-38-42-46-50-54-58-62-68(73)67(66-72)71-69(74)63-59-55-51-47-43-39-35-32-29-27-30-33-37-41-45-49-53-57-61-65-76-70(75)64-60-56-52-48-44-40-36-20-18-16-14-12-10-8-6-4-2/h14,16,20,36,67-68,72-73H,3-13,15,17-19,21-35,37-66H2,1-2H3,(H,71,74)/b16-14-,36-20-. The monoisotopic (exact) mass is 1070 g/mol. The van der Waals surface area contributed by atoms with Gasteiger partial charge in [-0.15, -0.1) is 0 Å². The smallest absolute Gasteiger partial charge is 0.305 e. The first-order chi connectivity index (χ1) is 37.5. The lowest BCUT2D eigenvalue weighted by molar-refractivity contribution is -0.143. The fourth-order valence-corrected chi connectivity index (χ4v) is 11.0. The Hall–Kier alpha value is -1.66. The Morgan fingerprint density at radius 3 is 1.01 bits per heavy atom. The van der Waals surface area contributed by atoms with Crippen LogP contribution in [-0.4, -0.2) is 47.4 Å². The molecule has 0 fully saturated rings. The van der Waals surface area contributed by atoms with Crippen molar-refractivity contribution in [3.05, 3.63) is 24.3 Å². The van der Waals surface area contributed by atoms with Gasteiger partial charge in [-0.2, -0.15) is 0 Å². The average molecular weight is 1070 g/mol. The van der Waals surface area contributed by atoms with Gasteiger partial charge in [-0.05, 0) is 57.8 Å². The van der Waals surface area contributed by atoms with Crippen LogP contribution in [0.1, 0.15) is 386 Å². The van der Waals surface area contributed by atoms with Crippen LogP contribution in [-0.2, 0) is 14.3 Å². The van der Waals surface area contributed by atoms with Gasteiger partial charge >= 0.3 is 5.97 Å². The molecule has 6 heteroatoms. The van der Waals surface area contributed by atoms with Gasteiger partial charge in [0.1, 0.15) is 0 Å². The average Bonchev–Trinajstić information content (AvgIpc) is 3.42. The predicted octanol–water partition coefficient (Wildman–Crippen LogP) is 22.1. The second-order valence-electron chi connectivity index (χ2n) is 23.9. The number of esters is 1. The molecule has 3 N–H and O–H groups in total. The molecule has 6 nitrogen and oxygen atoms in total. The van der Waals surface area contributed by atoms with E-state index < -0.39 is 12.1 Å². The molecule has 0 aliphatic rings. The fraction of sp³-hybridized carbons (Fsp3) is 0.914. The Morgan fingerprint density at radius 2 is 0.658 bits per heavy atom. The number of aliphatic hydroxyl groups is 2. The van der Waals surface area contributed by atoms with Crippen molar-refractivity contribution in [2.75, 3.05) is 13.2 Å². The van der Waals surface area contributed by atoms with Crippen molar-refractivity contribution in [3.8, 4) is 0 Å². The number of hydrogen-bond acceptors (Lipinski definition) is 5. The highest BCUT2D eigenvalue weighted by Crippen LogP contribution is 2.19. The minimum atomic E-state index is -0.668. The topological polar surface area (TPSA) is 95.9 Å². The summed E-state index contributed by atoms with van der Waals surface area (Å²) in [6, 6.07) is -0.545. The molecule has 0 aliphatic heterocycles. The second-order valence-corrected chi connectivity index (χ2v) is 23.9. The van der Waals surface area contributed by atoms with Crippen LogP contribution in [0, 0.1) is 0 Å². The van der Waals surface area contributed by atoms with Gasteiger partial charge in [-0.3, -0.25) is 9.59 Å². The third-order valence-corrected chi connectivity index (χ3v) is 16.3. The predicted molar refractivity (Wildman–Crippen MR) is 333 cm³/mol. The van der Waals surface area contributed by atoms with Crippen molar-refractivity contribution in [1.29, 1.82) is 0 Å². The zero-order valence-corrected chi connectivity index (χ0v) is 51.5. The van der Waals surface area contributed by atoms with Crippen LogP contribution in [0.2, 0.25) is 0 Å². The fourth-order valence-electron chi connectivity index (χ4n) is 11.0. The molecule has 0 aromatic carbocycles. The number of aliphatic hydroxyl groups excluding tert-OH is 2. The van der Waals surface area contributed by atoms with Crippen LogP contribution in [0.25, 0.3) is 0 Å². The van der Waals surface area contributed by atoms with Gasteiger partial charge in [0.15, 0.2) is 0 Å². The van der Waals surface area contributed by atoms with Crippen molar-refractivity contribution in [2.45, 2.75) is 398 Å². The van der Waals surface area contributed by atoms with Gasteiger partial charge in [0.25, 0.3) is 0 Å². The summed E-state index contributed by atoms with van der Waals surface area (Å²) in [7, 11) is 0. The number of allylic oxidation sites excluding steroid dienone is 4.